The predicted molar refractivity (Wildman–Crippen MR) is 138 cm³/mol. The number of carbonyl (C=O) groups is 1. The molecule has 190 valence electrons. The molecule has 0 bridgehead atoms. The first kappa shape index (κ1) is 25.8. The minimum Gasteiger partial charge on any atom is -0.321 e. The van der Waals surface area contributed by atoms with Gasteiger partial charge in [-0.2, -0.15) is 4.31 Å². The summed E-state index contributed by atoms with van der Waals surface area (Å²) < 4.78 is 56.7. The first-order valence-corrected chi connectivity index (χ1v) is 14.5. The molecule has 2 N–H and O–H groups in total. The minimum absolute atomic E-state index is 0.0207. The maximum atomic E-state index is 13.4. The number of carbonyl (C=O) groups excluding carboxylic acids is 1. The number of aromatic nitrogens is 1. The zero-order valence-electron chi connectivity index (χ0n) is 19.8. The van der Waals surface area contributed by atoms with Crippen LogP contribution in [-0.2, 0) is 20.0 Å². The summed E-state index contributed by atoms with van der Waals surface area (Å²) in [4.78, 5) is 16.1. The van der Waals surface area contributed by atoms with Crippen LogP contribution < -0.4 is 10.0 Å². The Bertz CT molecular complexity index is 1420. The molecule has 1 fully saturated rings. The third-order valence-corrected chi connectivity index (χ3v) is 9.55. The second kappa shape index (κ2) is 10.8. The number of nitrogens with zero attached hydrogens (tertiary/aromatic N) is 2. The molecule has 0 spiro atoms. The van der Waals surface area contributed by atoms with Crippen molar-refractivity contribution in [2.75, 3.05) is 17.1 Å². The molecule has 2 aromatic carbocycles. The highest BCUT2D eigenvalue weighted by molar-refractivity contribution is 7.93. The van der Waals surface area contributed by atoms with Gasteiger partial charge >= 0.3 is 0 Å². The molecule has 0 unspecified atom stereocenters. The van der Waals surface area contributed by atoms with Crippen LogP contribution in [0.5, 0.6) is 0 Å². The Labute approximate surface area is 211 Å². The van der Waals surface area contributed by atoms with Gasteiger partial charge in [0.1, 0.15) is 10.6 Å². The highest BCUT2D eigenvalue weighted by atomic mass is 32.2. The average Bonchev–Trinajstić information content (AvgIpc) is 2.89. The predicted octanol–water partition coefficient (Wildman–Crippen LogP) is 4.09. The van der Waals surface area contributed by atoms with E-state index in [1.54, 1.807) is 37.4 Å². The number of pyridine rings is 1. The Balaban J connectivity index is 1.53. The number of nitrogens with one attached hydrogen (secondary N) is 2. The molecular weight excluding hydrogens is 500 g/mol. The van der Waals surface area contributed by atoms with Gasteiger partial charge in [-0.25, -0.2) is 16.8 Å². The summed E-state index contributed by atoms with van der Waals surface area (Å²) in [5, 5.41) is 2.66. The van der Waals surface area contributed by atoms with Crippen molar-refractivity contribution >= 4 is 37.3 Å². The summed E-state index contributed by atoms with van der Waals surface area (Å²) in [6, 6.07) is 16.4. The molecule has 36 heavy (non-hydrogen) atoms. The van der Waals surface area contributed by atoms with Crippen LogP contribution in [-0.4, -0.2) is 45.1 Å². The van der Waals surface area contributed by atoms with Gasteiger partial charge in [0.15, 0.2) is 0 Å². The number of rotatable bonds is 8. The summed E-state index contributed by atoms with van der Waals surface area (Å²) in [5.74, 6) is -0.425. The van der Waals surface area contributed by atoms with Crippen molar-refractivity contribution in [3.63, 3.8) is 0 Å². The summed E-state index contributed by atoms with van der Waals surface area (Å²) in [6.07, 6.45) is 6.10. The van der Waals surface area contributed by atoms with E-state index in [1.165, 1.54) is 46.9 Å². The summed E-state index contributed by atoms with van der Waals surface area (Å²) in [6.45, 7) is 0. The maximum absolute atomic E-state index is 13.4. The van der Waals surface area contributed by atoms with E-state index < -0.39 is 26.0 Å². The van der Waals surface area contributed by atoms with Crippen molar-refractivity contribution in [1.29, 1.82) is 0 Å². The van der Waals surface area contributed by atoms with Gasteiger partial charge in [-0.15, -0.1) is 0 Å². The fraction of sp³-hybridized carbons (Fsp3) is 0.280. The normalized spacial score (nSPS) is 14.9. The molecule has 1 heterocycles. The fourth-order valence-corrected chi connectivity index (χ4v) is 6.89. The third kappa shape index (κ3) is 5.75. The monoisotopic (exact) mass is 528 g/mol. The number of amides is 1. The van der Waals surface area contributed by atoms with E-state index in [0.717, 1.165) is 32.1 Å². The van der Waals surface area contributed by atoms with Crippen LogP contribution in [0.1, 0.15) is 42.6 Å². The van der Waals surface area contributed by atoms with E-state index in [1.807, 2.05) is 0 Å². The van der Waals surface area contributed by atoms with Gasteiger partial charge in [0, 0.05) is 25.0 Å². The minimum atomic E-state index is -4.10. The lowest BCUT2D eigenvalue weighted by molar-refractivity contribution is 0.102. The molecular formula is C25H28N4O5S2. The zero-order valence-corrected chi connectivity index (χ0v) is 21.4. The molecule has 0 radical (unpaired) electrons. The molecule has 0 saturated heterocycles. The topological polar surface area (TPSA) is 126 Å². The van der Waals surface area contributed by atoms with Crippen LogP contribution in [0.25, 0.3) is 0 Å². The number of hydrogen-bond acceptors (Lipinski definition) is 6. The Kier molecular flexibility index (Phi) is 7.72. The third-order valence-electron chi connectivity index (χ3n) is 6.20. The number of anilines is 2. The first-order valence-electron chi connectivity index (χ1n) is 11.6. The lowest BCUT2D eigenvalue weighted by Crippen LogP contribution is -2.38. The second-order valence-electron chi connectivity index (χ2n) is 8.61. The molecule has 9 nitrogen and oxygen atoms in total. The van der Waals surface area contributed by atoms with Crippen molar-refractivity contribution < 1.29 is 21.6 Å². The molecule has 0 aliphatic heterocycles. The Hall–Kier alpha value is -3.28. The van der Waals surface area contributed by atoms with Crippen LogP contribution in [0, 0.1) is 0 Å². The number of sulfonamides is 2. The molecule has 1 aliphatic rings. The van der Waals surface area contributed by atoms with Crippen molar-refractivity contribution in [3.8, 4) is 0 Å². The first-order chi connectivity index (χ1) is 17.2. The lowest BCUT2D eigenvalue weighted by Gasteiger charge is -2.31. The van der Waals surface area contributed by atoms with E-state index in [-0.39, 0.29) is 27.2 Å². The Morgan fingerprint density at radius 1 is 0.889 bits per heavy atom. The summed E-state index contributed by atoms with van der Waals surface area (Å²) in [5.41, 5.74) is 0.598. The van der Waals surface area contributed by atoms with Crippen molar-refractivity contribution in [1.82, 2.24) is 9.29 Å². The van der Waals surface area contributed by atoms with Gasteiger partial charge in [-0.05, 0) is 61.4 Å². The smallest absolute Gasteiger partial charge is 0.274 e. The van der Waals surface area contributed by atoms with Crippen molar-refractivity contribution in [3.05, 3.63) is 78.6 Å². The summed E-state index contributed by atoms with van der Waals surface area (Å²) >= 11 is 0. The van der Waals surface area contributed by atoms with Gasteiger partial charge in [0.2, 0.25) is 10.0 Å². The maximum Gasteiger partial charge on any atom is 0.274 e. The van der Waals surface area contributed by atoms with Gasteiger partial charge < -0.3 is 5.32 Å². The van der Waals surface area contributed by atoms with Crippen molar-refractivity contribution in [2.45, 2.75) is 47.9 Å². The number of benzene rings is 2. The van der Waals surface area contributed by atoms with E-state index in [2.05, 4.69) is 15.0 Å². The Morgan fingerprint density at radius 3 is 2.22 bits per heavy atom. The van der Waals surface area contributed by atoms with E-state index in [0.29, 0.717) is 5.69 Å². The van der Waals surface area contributed by atoms with Gasteiger partial charge in [-0.3, -0.25) is 14.5 Å². The van der Waals surface area contributed by atoms with E-state index >= 15 is 0 Å². The van der Waals surface area contributed by atoms with Gasteiger partial charge in [0.25, 0.3) is 15.9 Å². The lowest BCUT2D eigenvalue weighted by atomic mass is 9.96. The van der Waals surface area contributed by atoms with Crippen LogP contribution in [0.3, 0.4) is 0 Å². The number of para-hydroxylation sites is 1. The van der Waals surface area contributed by atoms with E-state index in [9.17, 15) is 21.6 Å². The van der Waals surface area contributed by atoms with Gasteiger partial charge in [-0.1, -0.05) is 37.5 Å². The SMILES string of the molecule is CN(C1CCCCC1)S(=O)(=O)c1ccccc1NS(=O)(=O)c1ccc(NC(=O)c2ccccn2)cc1. The second-order valence-corrected chi connectivity index (χ2v) is 12.3. The quantitative estimate of drug-likeness (QED) is 0.454. The molecule has 1 amide bonds. The average molecular weight is 529 g/mol. The Morgan fingerprint density at radius 2 is 1.56 bits per heavy atom. The van der Waals surface area contributed by atoms with Gasteiger partial charge in [0.05, 0.1) is 10.6 Å². The van der Waals surface area contributed by atoms with Crippen LogP contribution in [0.2, 0.25) is 0 Å². The number of hydrogen-bond donors (Lipinski definition) is 2. The molecule has 4 rings (SSSR count). The molecule has 0 atom stereocenters. The molecule has 3 aromatic rings. The van der Waals surface area contributed by atoms with Crippen molar-refractivity contribution in [2.24, 2.45) is 0 Å². The molecule has 1 aromatic heterocycles. The fourth-order valence-electron chi connectivity index (χ4n) is 4.19. The highest BCUT2D eigenvalue weighted by Gasteiger charge is 2.31. The molecule has 1 saturated carbocycles. The van der Waals surface area contributed by atoms with E-state index in [4.69, 9.17) is 0 Å². The molecule has 11 heteroatoms. The van der Waals surface area contributed by atoms with Crippen LogP contribution in [0.15, 0.2) is 82.7 Å². The van der Waals surface area contributed by atoms with Crippen LogP contribution in [0.4, 0.5) is 11.4 Å². The largest absolute Gasteiger partial charge is 0.321 e. The zero-order chi connectivity index (χ0) is 25.8. The standard InChI is InChI=1S/C25H28N4O5S2/c1-29(20-9-3-2-4-10-20)36(33,34)24-13-6-5-11-22(24)28-35(31,32)21-16-14-19(15-17-21)27-25(30)23-12-7-8-18-26-23/h5-8,11-18,20,28H,2-4,9-10H2,1H3,(H,27,30). The highest BCUT2D eigenvalue weighted by Crippen LogP contribution is 2.31. The van der Waals surface area contributed by atoms with Crippen LogP contribution >= 0.6 is 0 Å². The summed E-state index contributed by atoms with van der Waals surface area (Å²) in [7, 11) is -6.47. The molecule has 1 aliphatic carbocycles.